The van der Waals surface area contributed by atoms with E-state index in [1.807, 2.05) is 26.0 Å². The van der Waals surface area contributed by atoms with Crippen LogP contribution in [0.4, 0.5) is 0 Å². The number of esters is 1. The van der Waals surface area contributed by atoms with Crippen LogP contribution in [0.1, 0.15) is 25.0 Å². The fourth-order valence-electron chi connectivity index (χ4n) is 2.11. The second kappa shape index (κ2) is 4.52. The molecule has 0 fully saturated rings. The van der Waals surface area contributed by atoms with Gasteiger partial charge in [0.2, 0.25) is 0 Å². The Kier molecular flexibility index (Phi) is 3.09. The molecular formula is C14H16O2. The molecule has 2 nitrogen and oxygen atoms in total. The van der Waals surface area contributed by atoms with Crippen LogP contribution >= 0.6 is 0 Å². The van der Waals surface area contributed by atoms with Crippen LogP contribution in [0.25, 0.3) is 5.57 Å². The largest absolute Gasteiger partial charge is 0.466 e. The molecule has 1 aromatic rings. The van der Waals surface area contributed by atoms with Gasteiger partial charge in [0.25, 0.3) is 0 Å². The highest BCUT2D eigenvalue weighted by Crippen LogP contribution is 2.33. The normalized spacial score (nSPS) is 15.2. The summed E-state index contributed by atoms with van der Waals surface area (Å²) in [5.74, 6) is -0.297. The number of hydrogen-bond acceptors (Lipinski definition) is 2. The standard InChI is InChI=1S/C14H16O2/c1-3-16-14(15)10(2)12-9-8-11-6-4-5-7-13(11)12/h4-7,9-10H,3,8H2,1-2H3. The summed E-state index contributed by atoms with van der Waals surface area (Å²) in [6, 6.07) is 8.22. The molecule has 0 heterocycles. The fourth-order valence-corrected chi connectivity index (χ4v) is 2.11. The van der Waals surface area contributed by atoms with Crippen molar-refractivity contribution in [1.82, 2.24) is 0 Å². The maximum atomic E-state index is 11.7. The van der Waals surface area contributed by atoms with Crippen LogP contribution in [0.3, 0.4) is 0 Å². The zero-order chi connectivity index (χ0) is 11.5. The van der Waals surface area contributed by atoms with Crippen LogP contribution in [0.5, 0.6) is 0 Å². The summed E-state index contributed by atoms with van der Waals surface area (Å²) in [7, 11) is 0. The van der Waals surface area contributed by atoms with E-state index in [1.54, 1.807) is 0 Å². The molecule has 2 rings (SSSR count). The van der Waals surface area contributed by atoms with Gasteiger partial charge in [0, 0.05) is 0 Å². The van der Waals surface area contributed by atoms with Gasteiger partial charge in [0.05, 0.1) is 12.5 Å². The monoisotopic (exact) mass is 216 g/mol. The summed E-state index contributed by atoms with van der Waals surface area (Å²) in [4.78, 5) is 11.7. The lowest BCUT2D eigenvalue weighted by atomic mass is 9.95. The van der Waals surface area contributed by atoms with E-state index in [2.05, 4.69) is 18.2 Å². The average molecular weight is 216 g/mol. The highest BCUT2D eigenvalue weighted by molar-refractivity contribution is 5.90. The molecule has 0 spiro atoms. The van der Waals surface area contributed by atoms with Gasteiger partial charge in [0.15, 0.2) is 0 Å². The van der Waals surface area contributed by atoms with Gasteiger partial charge in [-0.05, 0) is 37.0 Å². The number of allylic oxidation sites excluding steroid dienone is 1. The summed E-state index contributed by atoms with van der Waals surface area (Å²) < 4.78 is 5.05. The van der Waals surface area contributed by atoms with Crippen molar-refractivity contribution in [2.45, 2.75) is 20.3 Å². The molecule has 16 heavy (non-hydrogen) atoms. The maximum Gasteiger partial charge on any atom is 0.313 e. The van der Waals surface area contributed by atoms with Crippen LogP contribution in [0.2, 0.25) is 0 Å². The molecule has 0 N–H and O–H groups in total. The number of ether oxygens (including phenoxy) is 1. The number of rotatable bonds is 3. The highest BCUT2D eigenvalue weighted by atomic mass is 16.5. The number of carbonyl (C=O) groups is 1. The number of benzene rings is 1. The van der Waals surface area contributed by atoms with E-state index in [0.717, 1.165) is 12.0 Å². The van der Waals surface area contributed by atoms with E-state index in [4.69, 9.17) is 4.74 Å². The third-order valence-electron chi connectivity index (χ3n) is 2.98. The first-order chi connectivity index (χ1) is 7.74. The Morgan fingerprint density at radius 1 is 1.44 bits per heavy atom. The van der Waals surface area contributed by atoms with E-state index in [9.17, 15) is 4.79 Å². The van der Waals surface area contributed by atoms with Crippen molar-refractivity contribution in [1.29, 1.82) is 0 Å². The minimum atomic E-state index is -0.163. The lowest BCUT2D eigenvalue weighted by Gasteiger charge is -2.13. The fraction of sp³-hybridized carbons (Fsp3) is 0.357. The molecule has 0 aliphatic heterocycles. The van der Waals surface area contributed by atoms with E-state index in [0.29, 0.717) is 6.61 Å². The molecule has 0 saturated heterocycles. The number of carbonyl (C=O) groups excluding carboxylic acids is 1. The molecule has 84 valence electrons. The van der Waals surface area contributed by atoms with E-state index < -0.39 is 0 Å². The second-order valence-electron chi connectivity index (χ2n) is 3.99. The zero-order valence-corrected chi connectivity index (χ0v) is 9.69. The Morgan fingerprint density at radius 3 is 2.94 bits per heavy atom. The van der Waals surface area contributed by atoms with Gasteiger partial charge in [-0.1, -0.05) is 30.3 Å². The minimum Gasteiger partial charge on any atom is -0.466 e. The summed E-state index contributed by atoms with van der Waals surface area (Å²) in [5, 5.41) is 0. The Bertz CT molecular complexity index is 432. The van der Waals surface area contributed by atoms with Gasteiger partial charge in [-0.15, -0.1) is 0 Å². The van der Waals surface area contributed by atoms with Crippen LogP contribution in [0.15, 0.2) is 30.3 Å². The summed E-state index contributed by atoms with van der Waals surface area (Å²) in [6.07, 6.45) is 3.06. The van der Waals surface area contributed by atoms with Crippen LogP contribution in [-0.4, -0.2) is 12.6 Å². The summed E-state index contributed by atoms with van der Waals surface area (Å²) >= 11 is 0. The molecular weight excluding hydrogens is 200 g/mol. The quantitative estimate of drug-likeness (QED) is 0.726. The molecule has 0 aromatic heterocycles. The Labute approximate surface area is 95.9 Å². The molecule has 0 bridgehead atoms. The van der Waals surface area contributed by atoms with Gasteiger partial charge >= 0.3 is 5.97 Å². The smallest absolute Gasteiger partial charge is 0.313 e. The molecule has 0 amide bonds. The third kappa shape index (κ3) is 1.87. The predicted octanol–water partition coefficient (Wildman–Crippen LogP) is 2.83. The topological polar surface area (TPSA) is 26.3 Å². The van der Waals surface area contributed by atoms with Gasteiger partial charge in [-0.3, -0.25) is 4.79 Å². The number of hydrogen-bond donors (Lipinski definition) is 0. The number of fused-ring (bicyclic) bond motifs is 1. The van der Waals surface area contributed by atoms with E-state index in [-0.39, 0.29) is 11.9 Å². The molecule has 0 radical (unpaired) electrons. The lowest BCUT2D eigenvalue weighted by Crippen LogP contribution is -2.15. The average Bonchev–Trinajstić information content (AvgIpc) is 2.72. The molecule has 0 saturated carbocycles. The zero-order valence-electron chi connectivity index (χ0n) is 9.69. The van der Waals surface area contributed by atoms with Crippen LogP contribution < -0.4 is 0 Å². The van der Waals surface area contributed by atoms with Crippen LogP contribution in [0, 0.1) is 5.92 Å². The van der Waals surface area contributed by atoms with Gasteiger partial charge in [0.1, 0.15) is 0 Å². The van der Waals surface area contributed by atoms with Gasteiger partial charge in [-0.2, -0.15) is 0 Å². The molecule has 1 atom stereocenters. The SMILES string of the molecule is CCOC(=O)C(C)C1=CCc2ccccc21. The summed E-state index contributed by atoms with van der Waals surface area (Å²) in [5.41, 5.74) is 3.60. The summed E-state index contributed by atoms with van der Waals surface area (Å²) in [6.45, 7) is 4.19. The minimum absolute atomic E-state index is 0.134. The van der Waals surface area contributed by atoms with Crippen molar-refractivity contribution in [3.05, 3.63) is 41.5 Å². The molecule has 1 aliphatic rings. The first kappa shape index (κ1) is 10.9. The maximum absolute atomic E-state index is 11.7. The first-order valence-corrected chi connectivity index (χ1v) is 5.69. The van der Waals surface area contributed by atoms with Crippen molar-refractivity contribution in [2.24, 2.45) is 5.92 Å². The van der Waals surface area contributed by atoms with Gasteiger partial charge in [-0.25, -0.2) is 0 Å². The lowest BCUT2D eigenvalue weighted by molar-refractivity contribution is -0.145. The van der Waals surface area contributed by atoms with Crippen molar-refractivity contribution in [2.75, 3.05) is 6.61 Å². The van der Waals surface area contributed by atoms with Crippen LogP contribution in [-0.2, 0) is 16.0 Å². The van der Waals surface area contributed by atoms with Gasteiger partial charge < -0.3 is 4.74 Å². The van der Waals surface area contributed by atoms with Crippen molar-refractivity contribution in [3.63, 3.8) is 0 Å². The molecule has 1 unspecified atom stereocenters. The second-order valence-corrected chi connectivity index (χ2v) is 3.99. The molecule has 1 aromatic carbocycles. The first-order valence-electron chi connectivity index (χ1n) is 5.69. The Hall–Kier alpha value is -1.57. The third-order valence-corrected chi connectivity index (χ3v) is 2.98. The molecule has 2 heteroatoms. The van der Waals surface area contributed by atoms with Crippen molar-refractivity contribution < 1.29 is 9.53 Å². The predicted molar refractivity (Wildman–Crippen MR) is 63.9 cm³/mol. The molecule has 1 aliphatic carbocycles. The Morgan fingerprint density at radius 2 is 2.19 bits per heavy atom. The Balaban J connectivity index is 2.21. The van der Waals surface area contributed by atoms with Crippen molar-refractivity contribution >= 4 is 11.5 Å². The van der Waals surface area contributed by atoms with E-state index in [1.165, 1.54) is 11.1 Å². The highest BCUT2D eigenvalue weighted by Gasteiger charge is 2.24. The van der Waals surface area contributed by atoms with E-state index >= 15 is 0 Å². The van der Waals surface area contributed by atoms with Crippen molar-refractivity contribution in [3.8, 4) is 0 Å².